The molecule has 1 unspecified atom stereocenters. The Balaban J connectivity index is 2.73. The molecule has 0 aliphatic carbocycles. The monoisotopic (exact) mass is 305 g/mol. The average Bonchev–Trinajstić information content (AvgIpc) is 2.61. The number of nitrogens with zero attached hydrogens (tertiary/aromatic N) is 1. The summed E-state index contributed by atoms with van der Waals surface area (Å²) in [5.74, 6) is 0.0810. The van der Waals surface area contributed by atoms with Crippen LogP contribution in [0.1, 0.15) is 46.4 Å². The number of thiazole rings is 1. The lowest BCUT2D eigenvalue weighted by molar-refractivity contribution is 0.463. The van der Waals surface area contributed by atoms with E-state index < -0.39 is 10.0 Å². The molecular weight excluding hydrogens is 282 g/mol. The number of nitrogens with one attached hydrogen (secondary N) is 2. The van der Waals surface area contributed by atoms with Gasteiger partial charge in [-0.2, -0.15) is 0 Å². The maximum absolute atomic E-state index is 12.0. The van der Waals surface area contributed by atoms with Crippen LogP contribution in [-0.2, 0) is 10.0 Å². The smallest absolute Gasteiger partial charge is 0.235 e. The molecule has 0 amide bonds. The van der Waals surface area contributed by atoms with Gasteiger partial charge in [-0.3, -0.25) is 4.72 Å². The SMILES string of the molecule is CCNC(C)c1csc(NS(=O)(=O)CC(C)(C)C)n1. The van der Waals surface area contributed by atoms with Crippen LogP contribution >= 0.6 is 11.3 Å². The summed E-state index contributed by atoms with van der Waals surface area (Å²) < 4.78 is 26.5. The van der Waals surface area contributed by atoms with Crippen LogP contribution in [0.4, 0.5) is 5.13 Å². The highest BCUT2D eigenvalue weighted by molar-refractivity contribution is 7.92. The van der Waals surface area contributed by atoms with Crippen molar-refractivity contribution in [3.8, 4) is 0 Å². The topological polar surface area (TPSA) is 71.1 Å². The number of rotatable bonds is 6. The molecule has 1 aromatic rings. The molecule has 19 heavy (non-hydrogen) atoms. The first kappa shape index (κ1) is 16.4. The Morgan fingerprint density at radius 1 is 1.42 bits per heavy atom. The standard InChI is InChI=1S/C12H23N3O2S2/c1-6-13-9(2)10-7-18-11(14-10)15-19(16,17)8-12(3,4)5/h7,9,13H,6,8H2,1-5H3,(H,14,15). The second kappa shape index (κ2) is 6.19. The zero-order valence-corrected chi connectivity index (χ0v) is 13.8. The predicted octanol–water partition coefficient (Wildman–Crippen LogP) is 2.60. The van der Waals surface area contributed by atoms with Gasteiger partial charge in [0.2, 0.25) is 10.0 Å². The van der Waals surface area contributed by atoms with Gasteiger partial charge in [-0.05, 0) is 18.9 Å². The van der Waals surface area contributed by atoms with E-state index in [4.69, 9.17) is 0 Å². The lowest BCUT2D eigenvalue weighted by Gasteiger charge is -2.17. The minimum absolute atomic E-state index is 0.0810. The van der Waals surface area contributed by atoms with Crippen molar-refractivity contribution >= 4 is 26.5 Å². The van der Waals surface area contributed by atoms with E-state index in [1.54, 1.807) is 0 Å². The van der Waals surface area contributed by atoms with Crippen molar-refractivity contribution < 1.29 is 8.42 Å². The van der Waals surface area contributed by atoms with E-state index in [9.17, 15) is 8.42 Å². The molecule has 0 aliphatic heterocycles. The van der Waals surface area contributed by atoms with Crippen molar-refractivity contribution in [1.29, 1.82) is 0 Å². The zero-order chi connectivity index (χ0) is 14.7. The molecule has 0 fully saturated rings. The molecule has 1 aromatic heterocycles. The van der Waals surface area contributed by atoms with Crippen molar-refractivity contribution in [3.05, 3.63) is 11.1 Å². The van der Waals surface area contributed by atoms with E-state index in [0.29, 0.717) is 5.13 Å². The number of sulfonamides is 1. The maximum atomic E-state index is 12.0. The second-order valence-electron chi connectivity index (χ2n) is 5.78. The Kier molecular flexibility index (Phi) is 5.34. The van der Waals surface area contributed by atoms with Crippen LogP contribution in [-0.4, -0.2) is 25.7 Å². The molecule has 1 rings (SSSR count). The largest absolute Gasteiger partial charge is 0.309 e. The van der Waals surface area contributed by atoms with Crippen LogP contribution in [0, 0.1) is 5.41 Å². The second-order valence-corrected chi connectivity index (χ2v) is 8.36. The van der Waals surface area contributed by atoms with Gasteiger partial charge in [-0.25, -0.2) is 13.4 Å². The van der Waals surface area contributed by atoms with Crippen LogP contribution in [0.3, 0.4) is 0 Å². The molecule has 0 spiro atoms. The molecule has 0 radical (unpaired) electrons. The summed E-state index contributed by atoms with van der Waals surface area (Å²) in [6, 6.07) is 0.127. The van der Waals surface area contributed by atoms with Gasteiger partial charge in [-0.1, -0.05) is 27.7 Å². The quantitative estimate of drug-likeness (QED) is 0.847. The number of anilines is 1. The summed E-state index contributed by atoms with van der Waals surface area (Å²) in [6.07, 6.45) is 0. The maximum Gasteiger partial charge on any atom is 0.235 e. The van der Waals surface area contributed by atoms with Gasteiger partial charge in [0.1, 0.15) is 0 Å². The van der Waals surface area contributed by atoms with E-state index in [2.05, 4.69) is 15.0 Å². The minimum atomic E-state index is -3.34. The average molecular weight is 305 g/mol. The summed E-state index contributed by atoms with van der Waals surface area (Å²) in [7, 11) is -3.34. The molecule has 110 valence electrons. The third-order valence-corrected chi connectivity index (χ3v) is 5.00. The normalized spacial score (nSPS) is 14.4. The first-order valence-corrected chi connectivity index (χ1v) is 8.85. The Labute approximate surface area is 119 Å². The van der Waals surface area contributed by atoms with Gasteiger partial charge in [0.15, 0.2) is 5.13 Å². The van der Waals surface area contributed by atoms with Crippen molar-refractivity contribution in [2.45, 2.75) is 40.7 Å². The van der Waals surface area contributed by atoms with Gasteiger partial charge < -0.3 is 5.32 Å². The molecule has 1 heterocycles. The van der Waals surface area contributed by atoms with Gasteiger partial charge in [-0.15, -0.1) is 11.3 Å². The first-order chi connectivity index (χ1) is 8.63. The Bertz CT molecular complexity index is 503. The molecule has 0 aliphatic rings. The van der Waals surface area contributed by atoms with Gasteiger partial charge >= 0.3 is 0 Å². The van der Waals surface area contributed by atoms with Gasteiger partial charge in [0.05, 0.1) is 11.4 Å². The van der Waals surface area contributed by atoms with Crippen molar-refractivity contribution in [2.75, 3.05) is 17.0 Å². The molecule has 5 nitrogen and oxygen atoms in total. The Morgan fingerprint density at radius 3 is 2.58 bits per heavy atom. The molecule has 1 atom stereocenters. The van der Waals surface area contributed by atoms with Crippen LogP contribution in [0.5, 0.6) is 0 Å². The number of hydrogen-bond donors (Lipinski definition) is 2. The molecule has 0 saturated carbocycles. The van der Waals surface area contributed by atoms with Crippen molar-refractivity contribution in [1.82, 2.24) is 10.3 Å². The van der Waals surface area contributed by atoms with E-state index in [0.717, 1.165) is 12.2 Å². The van der Waals surface area contributed by atoms with E-state index >= 15 is 0 Å². The fourth-order valence-electron chi connectivity index (χ4n) is 1.68. The summed E-state index contributed by atoms with van der Waals surface area (Å²) in [5.41, 5.74) is 0.587. The highest BCUT2D eigenvalue weighted by Crippen LogP contribution is 2.23. The molecule has 0 aromatic carbocycles. The van der Waals surface area contributed by atoms with Crippen LogP contribution in [0.2, 0.25) is 0 Å². The highest BCUT2D eigenvalue weighted by Gasteiger charge is 2.22. The van der Waals surface area contributed by atoms with Crippen LogP contribution < -0.4 is 10.0 Å². The van der Waals surface area contributed by atoms with E-state index in [1.165, 1.54) is 11.3 Å². The summed E-state index contributed by atoms with van der Waals surface area (Å²) in [5, 5.41) is 5.55. The van der Waals surface area contributed by atoms with Gasteiger partial charge in [0.25, 0.3) is 0 Å². The van der Waals surface area contributed by atoms with Crippen molar-refractivity contribution in [2.24, 2.45) is 5.41 Å². The van der Waals surface area contributed by atoms with Crippen LogP contribution in [0.25, 0.3) is 0 Å². The fourth-order valence-corrected chi connectivity index (χ4v) is 4.43. The fraction of sp³-hybridized carbons (Fsp3) is 0.750. The predicted molar refractivity (Wildman–Crippen MR) is 81.1 cm³/mol. The van der Waals surface area contributed by atoms with E-state index in [1.807, 2.05) is 40.0 Å². The lowest BCUT2D eigenvalue weighted by atomic mass is 10.0. The molecule has 7 heteroatoms. The molecule has 0 saturated heterocycles. The molecular formula is C12H23N3O2S2. The molecule has 0 bridgehead atoms. The zero-order valence-electron chi connectivity index (χ0n) is 12.1. The summed E-state index contributed by atoms with van der Waals surface area (Å²) in [6.45, 7) is 10.6. The number of hydrogen-bond acceptors (Lipinski definition) is 5. The Hall–Kier alpha value is -0.660. The van der Waals surface area contributed by atoms with Gasteiger partial charge in [0, 0.05) is 11.4 Å². The lowest BCUT2D eigenvalue weighted by Crippen LogP contribution is -2.26. The summed E-state index contributed by atoms with van der Waals surface area (Å²) in [4.78, 5) is 4.31. The third-order valence-electron chi connectivity index (χ3n) is 2.34. The molecule has 2 N–H and O–H groups in total. The first-order valence-electron chi connectivity index (χ1n) is 6.32. The van der Waals surface area contributed by atoms with Crippen molar-refractivity contribution in [3.63, 3.8) is 0 Å². The summed E-state index contributed by atoms with van der Waals surface area (Å²) >= 11 is 1.32. The minimum Gasteiger partial charge on any atom is -0.309 e. The van der Waals surface area contributed by atoms with E-state index in [-0.39, 0.29) is 17.2 Å². The van der Waals surface area contributed by atoms with Crippen LogP contribution in [0.15, 0.2) is 5.38 Å². The third kappa shape index (κ3) is 5.88. The highest BCUT2D eigenvalue weighted by atomic mass is 32.2. The number of aromatic nitrogens is 1. The Morgan fingerprint density at radius 2 is 2.05 bits per heavy atom.